The van der Waals surface area contributed by atoms with E-state index in [-0.39, 0.29) is 0 Å². The number of fused-ring (bicyclic) bond motifs is 1. The molecule has 66 valence electrons. The number of hydrogen-bond donors (Lipinski definition) is 0. The van der Waals surface area contributed by atoms with E-state index in [2.05, 4.69) is 4.98 Å². The van der Waals surface area contributed by atoms with Gasteiger partial charge in [-0.15, -0.1) is 11.3 Å². The number of nitrogens with zero attached hydrogens (tertiary/aromatic N) is 1. The number of halogens is 1. The fourth-order valence-corrected chi connectivity index (χ4v) is 2.24. The summed E-state index contributed by atoms with van der Waals surface area (Å²) in [5, 5.41) is 0.489. The van der Waals surface area contributed by atoms with Gasteiger partial charge in [0.05, 0.1) is 10.2 Å². The molecule has 0 aliphatic rings. The van der Waals surface area contributed by atoms with E-state index < -0.39 is 0 Å². The first-order valence-electron chi connectivity index (χ1n) is 3.78. The van der Waals surface area contributed by atoms with Crippen LogP contribution in [0.25, 0.3) is 10.2 Å². The molecule has 0 aromatic carbocycles. The minimum atomic E-state index is 0.457. The summed E-state index contributed by atoms with van der Waals surface area (Å²) in [6.45, 7) is 0. The second kappa shape index (κ2) is 3.44. The lowest BCUT2D eigenvalue weighted by molar-refractivity contribution is -0.107. The van der Waals surface area contributed by atoms with E-state index in [1.807, 2.05) is 12.1 Å². The smallest absolute Gasteiger partial charge is 0.129 e. The van der Waals surface area contributed by atoms with Crippen LogP contribution in [0.1, 0.15) is 4.88 Å². The minimum absolute atomic E-state index is 0.457. The summed E-state index contributed by atoms with van der Waals surface area (Å²) in [5.74, 6) is 0. The third-order valence-corrected chi connectivity index (χ3v) is 3.00. The van der Waals surface area contributed by atoms with Crippen LogP contribution >= 0.6 is 22.9 Å². The Kier molecular flexibility index (Phi) is 2.29. The van der Waals surface area contributed by atoms with Gasteiger partial charge in [-0.05, 0) is 18.2 Å². The molecule has 2 rings (SSSR count). The second-order valence-corrected chi connectivity index (χ2v) is 4.16. The van der Waals surface area contributed by atoms with E-state index in [9.17, 15) is 4.79 Å². The van der Waals surface area contributed by atoms with Crippen LogP contribution in [0.3, 0.4) is 0 Å². The number of carbonyl (C=O) groups excluding carboxylic acids is 1. The average Bonchev–Trinajstić information content (AvgIpc) is 2.46. The summed E-state index contributed by atoms with van der Waals surface area (Å²) in [7, 11) is 0. The Hall–Kier alpha value is -0.930. The molecule has 0 amide bonds. The summed E-state index contributed by atoms with van der Waals surface area (Å²) in [4.78, 5) is 15.4. The van der Waals surface area contributed by atoms with E-state index in [1.165, 1.54) is 0 Å². The Balaban J connectivity index is 2.55. The maximum Gasteiger partial charge on any atom is 0.129 e. The summed E-state index contributed by atoms with van der Waals surface area (Å²) in [5.41, 5.74) is 0.870. The van der Waals surface area contributed by atoms with Crippen LogP contribution in [0, 0.1) is 0 Å². The molecule has 0 N–H and O–H groups in total. The molecule has 0 aliphatic heterocycles. The first-order valence-corrected chi connectivity index (χ1v) is 4.97. The molecule has 0 bridgehead atoms. The molecule has 2 aromatic rings. The quantitative estimate of drug-likeness (QED) is 0.565. The predicted octanol–water partition coefficient (Wildman–Crippen LogP) is 2.69. The molecular formula is C9H6ClNOS. The van der Waals surface area contributed by atoms with Crippen LogP contribution in [-0.2, 0) is 11.2 Å². The number of aromatic nitrogens is 1. The van der Waals surface area contributed by atoms with E-state index in [0.29, 0.717) is 11.6 Å². The van der Waals surface area contributed by atoms with Gasteiger partial charge in [0.15, 0.2) is 0 Å². The van der Waals surface area contributed by atoms with Gasteiger partial charge in [-0.25, -0.2) is 4.98 Å². The Morgan fingerprint density at radius 2 is 2.38 bits per heavy atom. The zero-order valence-electron chi connectivity index (χ0n) is 6.66. The molecule has 2 aromatic heterocycles. The van der Waals surface area contributed by atoms with Gasteiger partial charge < -0.3 is 4.79 Å². The Labute approximate surface area is 84.2 Å². The molecule has 0 unspecified atom stereocenters. The third-order valence-electron chi connectivity index (χ3n) is 1.68. The normalized spacial score (nSPS) is 10.5. The van der Waals surface area contributed by atoms with Crippen LogP contribution in [0.2, 0.25) is 5.15 Å². The molecular weight excluding hydrogens is 206 g/mol. The standard InChI is InChI=1S/C9H6ClNOS/c10-9-2-1-8-7(11-9)5-6(13-8)3-4-12/h1-2,4-5H,3H2. The molecule has 0 atom stereocenters. The van der Waals surface area contributed by atoms with Crippen molar-refractivity contribution >= 4 is 39.4 Å². The Morgan fingerprint density at radius 1 is 1.54 bits per heavy atom. The summed E-state index contributed by atoms with van der Waals surface area (Å²) < 4.78 is 1.07. The predicted molar refractivity (Wildman–Crippen MR) is 54.4 cm³/mol. The van der Waals surface area contributed by atoms with Crippen LogP contribution < -0.4 is 0 Å². The molecule has 0 saturated carbocycles. The van der Waals surface area contributed by atoms with E-state index in [1.54, 1.807) is 17.4 Å². The van der Waals surface area contributed by atoms with Gasteiger partial charge in [0.25, 0.3) is 0 Å². The fraction of sp³-hybridized carbons (Fsp3) is 0.111. The van der Waals surface area contributed by atoms with Crippen LogP contribution in [0.15, 0.2) is 18.2 Å². The van der Waals surface area contributed by atoms with Crippen molar-refractivity contribution in [2.24, 2.45) is 0 Å². The lowest BCUT2D eigenvalue weighted by Gasteiger charge is -1.87. The van der Waals surface area contributed by atoms with Crippen molar-refractivity contribution in [1.82, 2.24) is 4.98 Å². The maximum absolute atomic E-state index is 10.3. The van der Waals surface area contributed by atoms with Gasteiger partial charge in [0.1, 0.15) is 11.4 Å². The van der Waals surface area contributed by atoms with Crippen LogP contribution in [0.5, 0.6) is 0 Å². The van der Waals surface area contributed by atoms with Crippen molar-refractivity contribution in [2.45, 2.75) is 6.42 Å². The fourth-order valence-electron chi connectivity index (χ4n) is 1.13. The number of rotatable bonds is 2. The molecule has 0 saturated heterocycles. The number of pyridine rings is 1. The lowest BCUT2D eigenvalue weighted by atomic mass is 10.3. The van der Waals surface area contributed by atoms with Gasteiger partial charge in [-0.2, -0.15) is 0 Å². The number of thiophene rings is 1. The highest BCUT2D eigenvalue weighted by atomic mass is 35.5. The monoisotopic (exact) mass is 211 g/mol. The topological polar surface area (TPSA) is 30.0 Å². The lowest BCUT2D eigenvalue weighted by Crippen LogP contribution is -1.77. The van der Waals surface area contributed by atoms with Gasteiger partial charge >= 0.3 is 0 Å². The zero-order valence-corrected chi connectivity index (χ0v) is 8.23. The molecule has 0 fully saturated rings. The van der Waals surface area contributed by atoms with Gasteiger partial charge in [-0.1, -0.05) is 11.6 Å². The van der Waals surface area contributed by atoms with Gasteiger partial charge in [0.2, 0.25) is 0 Å². The van der Waals surface area contributed by atoms with Crippen molar-refractivity contribution < 1.29 is 4.79 Å². The second-order valence-electron chi connectivity index (χ2n) is 2.60. The molecule has 0 aliphatic carbocycles. The highest BCUT2D eigenvalue weighted by Gasteiger charge is 2.02. The molecule has 2 heterocycles. The van der Waals surface area contributed by atoms with E-state index >= 15 is 0 Å². The number of aldehydes is 1. The Morgan fingerprint density at radius 3 is 3.15 bits per heavy atom. The third kappa shape index (κ3) is 1.71. The van der Waals surface area contributed by atoms with E-state index in [4.69, 9.17) is 11.6 Å². The maximum atomic E-state index is 10.3. The first kappa shape index (κ1) is 8.66. The largest absolute Gasteiger partial charge is 0.303 e. The SMILES string of the molecule is O=CCc1cc2nc(Cl)ccc2s1. The van der Waals surface area contributed by atoms with Crippen molar-refractivity contribution in [1.29, 1.82) is 0 Å². The minimum Gasteiger partial charge on any atom is -0.303 e. The average molecular weight is 212 g/mol. The highest BCUT2D eigenvalue weighted by Crippen LogP contribution is 2.25. The van der Waals surface area contributed by atoms with E-state index in [0.717, 1.165) is 21.4 Å². The number of hydrogen-bond acceptors (Lipinski definition) is 3. The summed E-state index contributed by atoms with van der Waals surface area (Å²) >= 11 is 7.31. The highest BCUT2D eigenvalue weighted by molar-refractivity contribution is 7.19. The summed E-state index contributed by atoms with van der Waals surface area (Å²) in [6.07, 6.45) is 1.35. The van der Waals surface area contributed by atoms with Crippen molar-refractivity contribution in [3.8, 4) is 0 Å². The first-order chi connectivity index (χ1) is 6.29. The van der Waals surface area contributed by atoms with Crippen molar-refractivity contribution in [2.75, 3.05) is 0 Å². The van der Waals surface area contributed by atoms with Crippen LogP contribution in [-0.4, -0.2) is 11.3 Å². The van der Waals surface area contributed by atoms with Crippen molar-refractivity contribution in [3.63, 3.8) is 0 Å². The molecule has 0 radical (unpaired) electrons. The van der Waals surface area contributed by atoms with Crippen molar-refractivity contribution in [3.05, 3.63) is 28.2 Å². The van der Waals surface area contributed by atoms with Gasteiger partial charge in [-0.3, -0.25) is 0 Å². The summed E-state index contributed by atoms with van der Waals surface area (Å²) in [6, 6.07) is 5.58. The zero-order chi connectivity index (χ0) is 9.26. The molecule has 4 heteroatoms. The molecule has 13 heavy (non-hydrogen) atoms. The van der Waals surface area contributed by atoms with Crippen LogP contribution in [0.4, 0.5) is 0 Å². The Bertz CT molecular complexity index is 452. The molecule has 0 spiro atoms. The van der Waals surface area contributed by atoms with Gasteiger partial charge in [0, 0.05) is 11.3 Å². The molecule has 2 nitrogen and oxygen atoms in total. The number of carbonyl (C=O) groups is 1.